The van der Waals surface area contributed by atoms with Crippen LogP contribution in [0.1, 0.15) is 32.1 Å². The quantitative estimate of drug-likeness (QED) is 0.325. The SMILES string of the molecule is O=C(I)CCCCCC(=O)NI. The molecule has 3 nitrogen and oxygen atoms in total. The minimum absolute atomic E-state index is 0.0661. The van der Waals surface area contributed by atoms with Gasteiger partial charge in [-0.1, -0.05) is 6.42 Å². The lowest BCUT2D eigenvalue weighted by Gasteiger charge is -1.97. The molecule has 0 bridgehead atoms. The summed E-state index contributed by atoms with van der Waals surface area (Å²) in [4.78, 5) is 21.2. The zero-order valence-corrected chi connectivity index (χ0v) is 10.9. The second-order valence-electron chi connectivity index (χ2n) is 2.43. The van der Waals surface area contributed by atoms with E-state index in [1.54, 1.807) is 22.6 Å². The molecule has 0 atom stereocenters. The fourth-order valence-corrected chi connectivity index (χ4v) is 1.42. The molecule has 0 rings (SSSR count). The lowest BCUT2D eigenvalue weighted by molar-refractivity contribution is -0.118. The van der Waals surface area contributed by atoms with Crippen LogP contribution in [0.5, 0.6) is 0 Å². The second-order valence-corrected chi connectivity index (χ2v) is 4.18. The van der Waals surface area contributed by atoms with E-state index in [1.807, 2.05) is 22.9 Å². The van der Waals surface area contributed by atoms with Gasteiger partial charge in [-0.3, -0.25) is 13.1 Å². The summed E-state index contributed by atoms with van der Waals surface area (Å²) < 4.78 is 2.73. The first-order chi connectivity index (χ1) is 5.66. The fourth-order valence-electron chi connectivity index (χ4n) is 0.774. The van der Waals surface area contributed by atoms with Crippen LogP contribution in [0.4, 0.5) is 0 Å². The van der Waals surface area contributed by atoms with Crippen molar-refractivity contribution < 1.29 is 9.59 Å². The fraction of sp³-hybridized carbons (Fsp3) is 0.714. The van der Waals surface area contributed by atoms with Crippen LogP contribution in [0.15, 0.2) is 0 Å². The Labute approximate surface area is 99.7 Å². The van der Waals surface area contributed by atoms with Crippen molar-refractivity contribution >= 4 is 55.2 Å². The third-order valence-corrected chi connectivity index (χ3v) is 2.52. The molecule has 0 heterocycles. The van der Waals surface area contributed by atoms with Gasteiger partial charge >= 0.3 is 0 Å². The van der Waals surface area contributed by atoms with Crippen LogP contribution in [-0.4, -0.2) is 9.70 Å². The van der Waals surface area contributed by atoms with Gasteiger partial charge in [-0.25, -0.2) is 0 Å². The number of amides is 1. The number of carbonyl (C=O) groups excluding carboxylic acids is 2. The third-order valence-electron chi connectivity index (χ3n) is 1.38. The van der Waals surface area contributed by atoms with E-state index in [2.05, 4.69) is 3.53 Å². The van der Waals surface area contributed by atoms with Crippen molar-refractivity contribution in [1.82, 2.24) is 3.53 Å². The molecular weight excluding hydrogens is 384 g/mol. The van der Waals surface area contributed by atoms with Gasteiger partial charge in [0.05, 0.1) is 22.9 Å². The van der Waals surface area contributed by atoms with E-state index in [1.165, 1.54) is 0 Å². The average molecular weight is 395 g/mol. The van der Waals surface area contributed by atoms with Gasteiger partial charge in [0.15, 0.2) is 3.79 Å². The number of carbonyl (C=O) groups is 2. The standard InChI is InChI=1S/C7H11I2NO2/c8-6(11)4-2-1-3-5-7(12)10-9/h1-5H2,(H,10,12). The van der Waals surface area contributed by atoms with Crippen LogP contribution in [0.25, 0.3) is 0 Å². The lowest BCUT2D eigenvalue weighted by atomic mass is 10.1. The largest absolute Gasteiger partial charge is 0.299 e. The second kappa shape index (κ2) is 8.21. The summed E-state index contributed by atoms with van der Waals surface area (Å²) in [5.41, 5.74) is 0. The molecule has 0 aliphatic carbocycles. The van der Waals surface area contributed by atoms with E-state index in [9.17, 15) is 9.59 Å². The van der Waals surface area contributed by atoms with Gasteiger partial charge in [0.25, 0.3) is 0 Å². The van der Waals surface area contributed by atoms with Crippen molar-refractivity contribution in [2.24, 2.45) is 0 Å². The highest BCUT2D eigenvalue weighted by Gasteiger charge is 1.99. The van der Waals surface area contributed by atoms with Gasteiger partial charge in [0.2, 0.25) is 5.91 Å². The molecule has 5 heteroatoms. The molecular formula is C7H11I2NO2. The van der Waals surface area contributed by atoms with Gasteiger partial charge in [0, 0.05) is 12.8 Å². The maximum atomic E-state index is 10.7. The van der Waals surface area contributed by atoms with Crippen LogP contribution < -0.4 is 3.53 Å². The van der Waals surface area contributed by atoms with Crippen LogP contribution in [0.2, 0.25) is 0 Å². The molecule has 70 valence electrons. The highest BCUT2D eigenvalue weighted by atomic mass is 127. The number of hydrogen-bond donors (Lipinski definition) is 1. The minimum Gasteiger partial charge on any atom is -0.299 e. The molecule has 1 N–H and O–H groups in total. The summed E-state index contributed by atoms with van der Waals surface area (Å²) in [6.07, 6.45) is 3.93. The molecule has 0 aliphatic heterocycles. The van der Waals surface area contributed by atoms with Gasteiger partial charge in [-0.05, 0) is 35.4 Å². The van der Waals surface area contributed by atoms with Gasteiger partial charge in [-0.15, -0.1) is 0 Å². The summed E-state index contributed by atoms with van der Waals surface area (Å²) in [6.45, 7) is 0. The number of hydrogen-bond acceptors (Lipinski definition) is 2. The minimum atomic E-state index is 0.0661. The highest BCUT2D eigenvalue weighted by molar-refractivity contribution is 14.1. The van der Waals surface area contributed by atoms with Crippen LogP contribution in [-0.2, 0) is 9.59 Å². The summed E-state index contributed by atoms with van der Waals surface area (Å²) in [7, 11) is 0. The monoisotopic (exact) mass is 395 g/mol. The Morgan fingerprint density at radius 2 is 1.67 bits per heavy atom. The van der Waals surface area contributed by atoms with Gasteiger partial charge < -0.3 is 0 Å². The summed E-state index contributed by atoms with van der Waals surface area (Å²) in [5.74, 6) is 0.0661. The van der Waals surface area contributed by atoms with E-state index in [0.717, 1.165) is 19.3 Å². The van der Waals surface area contributed by atoms with E-state index in [4.69, 9.17) is 0 Å². The van der Waals surface area contributed by atoms with Crippen molar-refractivity contribution in [2.75, 3.05) is 0 Å². The predicted molar refractivity (Wildman–Crippen MR) is 64.3 cm³/mol. The first-order valence-corrected chi connectivity index (χ1v) is 5.90. The Bertz CT molecular complexity index is 161. The van der Waals surface area contributed by atoms with Gasteiger partial charge in [0.1, 0.15) is 0 Å². The van der Waals surface area contributed by atoms with Crippen LogP contribution >= 0.6 is 45.5 Å². The van der Waals surface area contributed by atoms with Crippen molar-refractivity contribution in [2.45, 2.75) is 32.1 Å². The average Bonchev–Trinajstić information content (AvgIpc) is 2.03. The molecule has 0 unspecified atom stereocenters. The molecule has 0 aromatic heterocycles. The normalized spacial score (nSPS) is 9.50. The predicted octanol–water partition coefficient (Wildman–Crippen LogP) is 2.36. The van der Waals surface area contributed by atoms with E-state index >= 15 is 0 Å². The molecule has 0 radical (unpaired) electrons. The maximum Gasteiger partial charge on any atom is 0.228 e. The molecule has 0 saturated heterocycles. The van der Waals surface area contributed by atoms with Gasteiger partial charge in [-0.2, -0.15) is 0 Å². The zero-order chi connectivity index (χ0) is 9.40. The van der Waals surface area contributed by atoms with E-state index in [-0.39, 0.29) is 9.70 Å². The molecule has 0 fully saturated rings. The molecule has 12 heavy (non-hydrogen) atoms. The van der Waals surface area contributed by atoms with E-state index in [0.29, 0.717) is 12.8 Å². The summed E-state index contributed by atoms with van der Waals surface area (Å²) >= 11 is 3.63. The Kier molecular flexibility index (Phi) is 8.62. The molecule has 0 aromatic carbocycles. The number of nitrogens with one attached hydrogen (secondary N) is 1. The van der Waals surface area contributed by atoms with Crippen LogP contribution in [0, 0.1) is 0 Å². The Balaban J connectivity index is 3.11. The van der Waals surface area contributed by atoms with Crippen molar-refractivity contribution in [1.29, 1.82) is 0 Å². The van der Waals surface area contributed by atoms with Crippen molar-refractivity contribution in [3.8, 4) is 0 Å². The first-order valence-electron chi connectivity index (χ1n) is 3.74. The summed E-state index contributed by atoms with van der Waals surface area (Å²) in [5, 5.41) is 0. The first kappa shape index (κ1) is 12.6. The Morgan fingerprint density at radius 3 is 2.17 bits per heavy atom. The molecule has 0 saturated carbocycles. The smallest absolute Gasteiger partial charge is 0.228 e. The zero-order valence-electron chi connectivity index (χ0n) is 6.61. The van der Waals surface area contributed by atoms with Crippen LogP contribution in [0.3, 0.4) is 0 Å². The number of unbranched alkanes of at least 4 members (excludes halogenated alkanes) is 2. The molecule has 0 aliphatic rings. The highest BCUT2D eigenvalue weighted by Crippen LogP contribution is 2.05. The molecule has 1 amide bonds. The molecule has 0 aromatic rings. The number of rotatable bonds is 6. The van der Waals surface area contributed by atoms with Crippen molar-refractivity contribution in [3.63, 3.8) is 0 Å². The Morgan fingerprint density at radius 1 is 1.08 bits per heavy atom. The van der Waals surface area contributed by atoms with E-state index < -0.39 is 0 Å². The molecule has 0 spiro atoms. The topological polar surface area (TPSA) is 46.2 Å². The maximum absolute atomic E-state index is 10.7. The third kappa shape index (κ3) is 8.69. The lowest BCUT2D eigenvalue weighted by Crippen LogP contribution is -2.10. The number of halogens is 2. The van der Waals surface area contributed by atoms with Crippen molar-refractivity contribution in [3.05, 3.63) is 0 Å². The summed E-state index contributed by atoms with van der Waals surface area (Å²) in [6, 6.07) is 0. The Hall–Kier alpha value is 0.600.